The van der Waals surface area contributed by atoms with Crippen molar-refractivity contribution in [2.45, 2.75) is 17.9 Å². The molecule has 0 bridgehead atoms. The van der Waals surface area contributed by atoms with Gasteiger partial charge in [0, 0.05) is 18.9 Å². The Hall–Kier alpha value is -2.16. The van der Waals surface area contributed by atoms with E-state index in [0.29, 0.717) is 4.90 Å². The maximum absolute atomic E-state index is 10.9. The molecule has 9 heteroatoms. The molecule has 102 valence electrons. The van der Waals surface area contributed by atoms with Gasteiger partial charge < -0.3 is 10.4 Å². The number of pyridine rings is 1. The van der Waals surface area contributed by atoms with Crippen LogP contribution in [0.2, 0.25) is 0 Å². The minimum Gasteiger partial charge on any atom is -0.480 e. The topological polar surface area (TPSA) is 122 Å². The number of carbonyl (C=O) groups is 2. The Morgan fingerprint density at radius 3 is 2.84 bits per heavy atom. The van der Waals surface area contributed by atoms with Crippen LogP contribution in [0.3, 0.4) is 0 Å². The van der Waals surface area contributed by atoms with E-state index < -0.39 is 22.8 Å². The monoisotopic (exact) mass is 285 g/mol. The highest BCUT2D eigenvalue weighted by Gasteiger charge is 2.21. The van der Waals surface area contributed by atoms with Crippen LogP contribution in [0.1, 0.15) is 6.92 Å². The summed E-state index contributed by atoms with van der Waals surface area (Å²) in [6.07, 6.45) is 2.47. The summed E-state index contributed by atoms with van der Waals surface area (Å²) in [7, 11) is 0. The molecule has 1 aromatic rings. The van der Waals surface area contributed by atoms with E-state index in [-0.39, 0.29) is 11.4 Å². The molecule has 0 fully saturated rings. The van der Waals surface area contributed by atoms with Gasteiger partial charge >= 0.3 is 11.7 Å². The van der Waals surface area contributed by atoms with Crippen molar-refractivity contribution < 1.29 is 19.6 Å². The molecule has 1 rings (SSSR count). The quantitative estimate of drug-likeness (QED) is 0.447. The van der Waals surface area contributed by atoms with Crippen LogP contribution in [0.4, 0.5) is 5.69 Å². The second-order valence-electron chi connectivity index (χ2n) is 3.50. The first-order valence-electron chi connectivity index (χ1n) is 5.13. The lowest BCUT2D eigenvalue weighted by Crippen LogP contribution is -2.41. The van der Waals surface area contributed by atoms with Gasteiger partial charge in [0.05, 0.1) is 9.82 Å². The smallest absolute Gasteiger partial charge is 0.327 e. The number of carboxylic acid groups (broad SMARTS) is 1. The fourth-order valence-corrected chi connectivity index (χ4v) is 2.23. The van der Waals surface area contributed by atoms with Crippen molar-refractivity contribution in [3.63, 3.8) is 0 Å². The van der Waals surface area contributed by atoms with Gasteiger partial charge in [0.25, 0.3) is 0 Å². The highest BCUT2D eigenvalue weighted by atomic mass is 32.2. The van der Waals surface area contributed by atoms with E-state index in [1.165, 1.54) is 19.2 Å². The van der Waals surface area contributed by atoms with E-state index in [9.17, 15) is 19.7 Å². The number of hydrogen-bond donors (Lipinski definition) is 2. The molecule has 0 radical (unpaired) electrons. The zero-order valence-corrected chi connectivity index (χ0v) is 10.7. The van der Waals surface area contributed by atoms with Crippen molar-refractivity contribution in [1.29, 1.82) is 0 Å². The van der Waals surface area contributed by atoms with Crippen LogP contribution in [0.5, 0.6) is 0 Å². The van der Waals surface area contributed by atoms with Crippen molar-refractivity contribution in [2.75, 3.05) is 5.75 Å². The lowest BCUT2D eigenvalue weighted by molar-refractivity contribution is -0.388. The first kappa shape index (κ1) is 14.9. The first-order chi connectivity index (χ1) is 8.91. The van der Waals surface area contributed by atoms with Gasteiger partial charge in [-0.15, -0.1) is 11.8 Å². The minimum atomic E-state index is -1.19. The van der Waals surface area contributed by atoms with Crippen molar-refractivity contribution in [1.82, 2.24) is 10.3 Å². The van der Waals surface area contributed by atoms with Crippen LogP contribution in [-0.2, 0) is 9.59 Å². The normalized spacial score (nSPS) is 11.6. The number of nitro groups is 1. The summed E-state index contributed by atoms with van der Waals surface area (Å²) in [5, 5.41) is 21.9. The third-order valence-corrected chi connectivity index (χ3v) is 3.20. The Balaban J connectivity index is 2.77. The molecule has 1 heterocycles. The lowest BCUT2D eigenvalue weighted by atomic mass is 10.3. The van der Waals surface area contributed by atoms with Crippen molar-refractivity contribution in [2.24, 2.45) is 0 Å². The van der Waals surface area contributed by atoms with Gasteiger partial charge in [-0.1, -0.05) is 0 Å². The maximum Gasteiger partial charge on any atom is 0.327 e. The minimum absolute atomic E-state index is 0.0141. The van der Waals surface area contributed by atoms with Crippen LogP contribution in [-0.4, -0.2) is 38.7 Å². The second-order valence-corrected chi connectivity index (χ2v) is 4.56. The molecule has 8 nitrogen and oxygen atoms in total. The summed E-state index contributed by atoms with van der Waals surface area (Å²) in [6, 6.07) is 0.324. The van der Waals surface area contributed by atoms with E-state index in [4.69, 9.17) is 5.11 Å². The first-order valence-corrected chi connectivity index (χ1v) is 6.11. The van der Waals surface area contributed by atoms with Crippen LogP contribution in [0, 0.1) is 10.1 Å². The molecule has 0 saturated heterocycles. The molecule has 0 aliphatic heterocycles. The molecule has 0 spiro atoms. The van der Waals surface area contributed by atoms with Crippen LogP contribution in [0.25, 0.3) is 0 Å². The fourth-order valence-electron chi connectivity index (χ4n) is 1.23. The molecule has 0 aliphatic rings. The van der Waals surface area contributed by atoms with Crippen molar-refractivity contribution >= 4 is 29.3 Å². The predicted molar refractivity (Wildman–Crippen MR) is 66.9 cm³/mol. The number of nitrogens with zero attached hydrogens (tertiary/aromatic N) is 2. The second kappa shape index (κ2) is 6.69. The van der Waals surface area contributed by atoms with E-state index >= 15 is 0 Å². The Morgan fingerprint density at radius 2 is 2.32 bits per heavy atom. The number of carboxylic acids is 1. The molecule has 1 amide bonds. The average molecular weight is 285 g/mol. The van der Waals surface area contributed by atoms with Gasteiger partial charge in [0.2, 0.25) is 5.91 Å². The number of rotatable bonds is 6. The summed E-state index contributed by atoms with van der Waals surface area (Å²) >= 11 is 0.977. The van der Waals surface area contributed by atoms with Gasteiger partial charge in [-0.3, -0.25) is 19.9 Å². The van der Waals surface area contributed by atoms with Gasteiger partial charge in [0.15, 0.2) is 0 Å². The third-order valence-electron chi connectivity index (χ3n) is 2.04. The number of thioether (sulfide) groups is 1. The molecule has 0 aliphatic carbocycles. The Kier molecular flexibility index (Phi) is 5.24. The number of nitrogens with one attached hydrogen (secondary N) is 1. The fraction of sp³-hybridized carbons (Fsp3) is 0.300. The lowest BCUT2D eigenvalue weighted by Gasteiger charge is -2.12. The molecule has 1 atom stereocenters. The molecular formula is C10H11N3O5S. The van der Waals surface area contributed by atoms with E-state index in [1.54, 1.807) is 0 Å². The molecule has 0 saturated carbocycles. The summed E-state index contributed by atoms with van der Waals surface area (Å²) in [5.41, 5.74) is -0.195. The van der Waals surface area contributed by atoms with Gasteiger partial charge in [-0.2, -0.15) is 0 Å². The number of aromatic nitrogens is 1. The van der Waals surface area contributed by atoms with E-state index in [0.717, 1.165) is 18.0 Å². The zero-order valence-electron chi connectivity index (χ0n) is 9.90. The zero-order chi connectivity index (χ0) is 14.4. The van der Waals surface area contributed by atoms with Crippen LogP contribution in [0.15, 0.2) is 23.4 Å². The number of carbonyl (C=O) groups excluding carboxylic acids is 1. The number of amides is 1. The van der Waals surface area contributed by atoms with Crippen molar-refractivity contribution in [3.8, 4) is 0 Å². The highest BCUT2D eigenvalue weighted by molar-refractivity contribution is 7.99. The Morgan fingerprint density at radius 1 is 1.63 bits per heavy atom. The summed E-state index contributed by atoms with van der Waals surface area (Å²) in [6.45, 7) is 1.20. The molecule has 0 aromatic carbocycles. The highest BCUT2D eigenvalue weighted by Crippen LogP contribution is 2.28. The Labute approximate surface area is 112 Å². The van der Waals surface area contributed by atoms with Crippen LogP contribution >= 0.6 is 11.8 Å². The van der Waals surface area contributed by atoms with Crippen molar-refractivity contribution in [3.05, 3.63) is 28.6 Å². The van der Waals surface area contributed by atoms with Gasteiger partial charge in [-0.05, 0) is 6.07 Å². The molecule has 1 unspecified atom stereocenters. The SMILES string of the molecule is CC(=O)NC(CSc1ccncc1[N+](=O)[O-])C(=O)O. The van der Waals surface area contributed by atoms with E-state index in [1.807, 2.05) is 0 Å². The number of aliphatic carboxylic acids is 1. The Bertz CT molecular complexity index is 508. The molecular weight excluding hydrogens is 274 g/mol. The number of hydrogen-bond acceptors (Lipinski definition) is 6. The largest absolute Gasteiger partial charge is 0.480 e. The third kappa shape index (κ3) is 4.54. The summed E-state index contributed by atoms with van der Waals surface area (Å²) in [5.74, 6) is -1.68. The van der Waals surface area contributed by atoms with E-state index in [2.05, 4.69) is 10.3 Å². The predicted octanol–water partition coefficient (Wildman–Crippen LogP) is 0.671. The van der Waals surface area contributed by atoms with Crippen LogP contribution < -0.4 is 5.32 Å². The molecule has 19 heavy (non-hydrogen) atoms. The van der Waals surface area contributed by atoms with Gasteiger partial charge in [0.1, 0.15) is 12.2 Å². The molecule has 2 N–H and O–H groups in total. The van der Waals surface area contributed by atoms with Gasteiger partial charge in [-0.25, -0.2) is 4.79 Å². The average Bonchev–Trinajstić information content (AvgIpc) is 2.34. The summed E-state index contributed by atoms with van der Waals surface area (Å²) < 4.78 is 0. The standard InChI is InChI=1S/C10H11N3O5S/c1-6(14)12-7(10(15)16)5-19-9-2-3-11-4-8(9)13(17)18/h2-4,7H,5H2,1H3,(H,12,14)(H,15,16). The molecule has 1 aromatic heterocycles. The summed E-state index contributed by atoms with van der Waals surface area (Å²) in [4.78, 5) is 35.8. The maximum atomic E-state index is 10.9.